The molecular formula is C4H11P3. The lowest BCUT2D eigenvalue weighted by atomic mass is 10.6. The first kappa shape index (κ1) is 8.03. The lowest BCUT2D eigenvalue weighted by Crippen LogP contribution is -1.58. The van der Waals surface area contributed by atoms with Crippen molar-refractivity contribution < 1.29 is 0 Å². The van der Waals surface area contributed by atoms with Crippen LogP contribution in [0.15, 0.2) is 10.6 Å². The van der Waals surface area contributed by atoms with Gasteiger partial charge in [0.05, 0.1) is 0 Å². The Balaban J connectivity index is 3.72. The third kappa shape index (κ3) is 3.60. The predicted molar refractivity (Wildman–Crippen MR) is 46.1 cm³/mol. The lowest BCUT2D eigenvalue weighted by Gasteiger charge is -1.94. The molecular weight excluding hydrogens is 141 g/mol. The standard InChI is InChI=1S/C4H11P3/c1-3(5)4(2)7-6/h7H,5-6H2,1-2H3/b4-3-. The zero-order valence-corrected chi connectivity index (χ0v) is 7.96. The van der Waals surface area contributed by atoms with Gasteiger partial charge in [-0.25, -0.2) is 0 Å². The minimum Gasteiger partial charge on any atom is -0.110 e. The minimum atomic E-state index is 0.887. The highest BCUT2D eigenvalue weighted by molar-refractivity contribution is 8.05. The molecule has 0 heterocycles. The van der Waals surface area contributed by atoms with E-state index in [-0.39, 0.29) is 0 Å². The molecule has 0 aliphatic rings. The molecule has 0 aromatic rings. The molecule has 0 aromatic heterocycles. The Morgan fingerprint density at radius 2 is 1.86 bits per heavy atom. The van der Waals surface area contributed by atoms with Crippen molar-refractivity contribution in [1.29, 1.82) is 0 Å². The van der Waals surface area contributed by atoms with Gasteiger partial charge in [-0.05, 0) is 19.2 Å². The Bertz CT molecular complexity index is 80.9. The van der Waals surface area contributed by atoms with Crippen LogP contribution in [0.2, 0.25) is 0 Å². The average Bonchev–Trinajstić information content (AvgIpc) is 1.65. The van der Waals surface area contributed by atoms with Crippen molar-refractivity contribution in [1.82, 2.24) is 0 Å². The maximum Gasteiger partial charge on any atom is -0.0390 e. The van der Waals surface area contributed by atoms with Crippen LogP contribution in [0.5, 0.6) is 0 Å². The van der Waals surface area contributed by atoms with E-state index in [2.05, 4.69) is 32.0 Å². The summed E-state index contributed by atoms with van der Waals surface area (Å²) in [6.07, 6.45) is 0. The van der Waals surface area contributed by atoms with Gasteiger partial charge in [0.1, 0.15) is 0 Å². The van der Waals surface area contributed by atoms with Gasteiger partial charge in [0.2, 0.25) is 0 Å². The molecule has 0 saturated heterocycles. The Morgan fingerprint density at radius 1 is 1.43 bits per heavy atom. The molecule has 0 N–H and O–H groups in total. The second-order valence-electron chi connectivity index (χ2n) is 1.45. The predicted octanol–water partition coefficient (Wildman–Crippen LogP) is 2.58. The van der Waals surface area contributed by atoms with Crippen molar-refractivity contribution in [3.63, 3.8) is 0 Å². The quantitative estimate of drug-likeness (QED) is 0.506. The van der Waals surface area contributed by atoms with Crippen molar-refractivity contribution >= 4 is 26.4 Å². The summed E-state index contributed by atoms with van der Waals surface area (Å²) in [5, 5.41) is 2.84. The van der Waals surface area contributed by atoms with E-state index < -0.39 is 0 Å². The summed E-state index contributed by atoms with van der Waals surface area (Å²) in [4.78, 5) is 0. The molecule has 0 aliphatic heterocycles. The van der Waals surface area contributed by atoms with Crippen molar-refractivity contribution in [2.24, 2.45) is 0 Å². The van der Waals surface area contributed by atoms with Crippen LogP contribution < -0.4 is 0 Å². The van der Waals surface area contributed by atoms with Gasteiger partial charge in [0.25, 0.3) is 0 Å². The van der Waals surface area contributed by atoms with Gasteiger partial charge >= 0.3 is 0 Å². The summed E-state index contributed by atoms with van der Waals surface area (Å²) >= 11 is 0. The second-order valence-corrected chi connectivity index (χ2v) is 4.22. The molecule has 0 saturated carbocycles. The molecule has 3 heteroatoms. The second kappa shape index (κ2) is 3.96. The van der Waals surface area contributed by atoms with E-state index in [0.29, 0.717) is 0 Å². The van der Waals surface area contributed by atoms with Crippen molar-refractivity contribution in [2.45, 2.75) is 13.8 Å². The van der Waals surface area contributed by atoms with Gasteiger partial charge in [-0.15, -0.1) is 18.2 Å². The highest BCUT2D eigenvalue weighted by Crippen LogP contribution is 2.34. The van der Waals surface area contributed by atoms with E-state index in [0.717, 1.165) is 8.27 Å². The summed E-state index contributed by atoms with van der Waals surface area (Å²) in [6.45, 7) is 4.25. The molecule has 0 spiro atoms. The molecule has 0 bridgehead atoms. The third-order valence-electron chi connectivity index (χ3n) is 0.808. The molecule has 7 heavy (non-hydrogen) atoms. The van der Waals surface area contributed by atoms with Gasteiger partial charge in [-0.3, -0.25) is 0 Å². The van der Waals surface area contributed by atoms with Crippen molar-refractivity contribution in [3.05, 3.63) is 10.6 Å². The molecule has 0 fully saturated rings. The fraction of sp³-hybridized carbons (Fsp3) is 0.500. The lowest BCUT2D eigenvalue weighted by molar-refractivity contribution is 1.56. The van der Waals surface area contributed by atoms with Crippen LogP contribution >= 0.6 is 26.4 Å². The fourth-order valence-electron chi connectivity index (χ4n) is 0.114. The molecule has 42 valence electrons. The Kier molecular flexibility index (Phi) is 4.55. The molecule has 0 radical (unpaired) electrons. The van der Waals surface area contributed by atoms with E-state index in [1.165, 1.54) is 10.6 Å². The van der Waals surface area contributed by atoms with Crippen LogP contribution in [0.4, 0.5) is 0 Å². The SMILES string of the molecule is C/C(P)=C(\C)PP. The number of rotatable bonds is 1. The first-order valence-corrected chi connectivity index (χ1v) is 5.46. The summed E-state index contributed by atoms with van der Waals surface area (Å²) in [6, 6.07) is 0. The van der Waals surface area contributed by atoms with Crippen LogP contribution in [0.1, 0.15) is 13.8 Å². The van der Waals surface area contributed by atoms with Gasteiger partial charge in [0.15, 0.2) is 0 Å². The van der Waals surface area contributed by atoms with Crippen molar-refractivity contribution in [3.8, 4) is 0 Å². The Hall–Kier alpha value is 1.03. The molecule has 3 atom stereocenters. The first-order valence-electron chi connectivity index (χ1n) is 2.08. The highest BCUT2D eigenvalue weighted by Gasteiger charge is 1.83. The smallest absolute Gasteiger partial charge is 0.0390 e. The molecule has 0 rings (SSSR count). The molecule has 0 amide bonds. The van der Waals surface area contributed by atoms with E-state index >= 15 is 0 Å². The van der Waals surface area contributed by atoms with Gasteiger partial charge in [0, 0.05) is 0 Å². The number of hydrogen-bond acceptors (Lipinski definition) is 0. The van der Waals surface area contributed by atoms with Crippen LogP contribution in [-0.2, 0) is 0 Å². The normalized spacial score (nSPS) is 15.4. The number of hydrogen-bond donors (Lipinski definition) is 0. The maximum atomic E-state index is 2.72. The van der Waals surface area contributed by atoms with Crippen LogP contribution in [-0.4, -0.2) is 0 Å². The highest BCUT2D eigenvalue weighted by atomic mass is 32.0. The van der Waals surface area contributed by atoms with Gasteiger partial charge < -0.3 is 0 Å². The number of allylic oxidation sites excluding steroid dienone is 2. The van der Waals surface area contributed by atoms with E-state index in [1.807, 2.05) is 0 Å². The molecule has 3 unspecified atom stereocenters. The maximum absolute atomic E-state index is 2.72. The topological polar surface area (TPSA) is 0 Å². The summed E-state index contributed by atoms with van der Waals surface area (Å²) in [7, 11) is 6.30. The molecule has 0 aliphatic carbocycles. The van der Waals surface area contributed by atoms with Crippen LogP contribution in [0.3, 0.4) is 0 Å². The zero-order chi connectivity index (χ0) is 5.86. The fourth-order valence-corrected chi connectivity index (χ4v) is 1.77. The molecule has 0 nitrogen and oxygen atoms in total. The average molecular weight is 152 g/mol. The summed E-state index contributed by atoms with van der Waals surface area (Å²) in [5.41, 5.74) is 0. The summed E-state index contributed by atoms with van der Waals surface area (Å²) in [5.74, 6) is 0. The monoisotopic (exact) mass is 152 g/mol. The van der Waals surface area contributed by atoms with Crippen molar-refractivity contribution in [2.75, 3.05) is 0 Å². The largest absolute Gasteiger partial charge is 0.110 e. The Morgan fingerprint density at radius 3 is 1.86 bits per heavy atom. The summed E-state index contributed by atoms with van der Waals surface area (Å²) < 4.78 is 0. The van der Waals surface area contributed by atoms with Gasteiger partial charge in [-0.1, -0.05) is 13.6 Å². The van der Waals surface area contributed by atoms with E-state index in [9.17, 15) is 0 Å². The van der Waals surface area contributed by atoms with Gasteiger partial charge in [-0.2, -0.15) is 0 Å². The first-order chi connectivity index (χ1) is 3.18. The van der Waals surface area contributed by atoms with E-state index in [1.54, 1.807) is 0 Å². The van der Waals surface area contributed by atoms with Crippen LogP contribution in [0, 0.1) is 0 Å². The van der Waals surface area contributed by atoms with Crippen LogP contribution in [0.25, 0.3) is 0 Å². The minimum absolute atomic E-state index is 0.887. The Labute approximate surface area is 51.6 Å². The third-order valence-corrected chi connectivity index (χ3v) is 3.66. The molecule has 0 aromatic carbocycles. The van der Waals surface area contributed by atoms with E-state index in [4.69, 9.17) is 0 Å². The zero-order valence-electron chi connectivity index (χ0n) is 4.65.